The summed E-state index contributed by atoms with van der Waals surface area (Å²) in [7, 11) is 0. The molecule has 2 aromatic rings. The molecule has 4 heteroatoms. The lowest BCUT2D eigenvalue weighted by molar-refractivity contribution is 0.428. The maximum Gasteiger partial charge on any atom is 0.165 e. The molecule has 2 nitrogen and oxygen atoms in total. The van der Waals surface area contributed by atoms with Crippen LogP contribution in [0.3, 0.4) is 0 Å². The number of benzene rings is 2. The first kappa shape index (κ1) is 13.5. The lowest BCUT2D eigenvalue weighted by Gasteiger charge is -2.15. The summed E-state index contributed by atoms with van der Waals surface area (Å²) in [5, 5.41) is 0. The Balaban J connectivity index is 2.44. The number of aryl methyl sites for hydroxylation is 1. The van der Waals surface area contributed by atoms with Crippen molar-refractivity contribution in [1.29, 1.82) is 0 Å². The minimum Gasteiger partial charge on any atom is -0.454 e. The molecule has 2 rings (SSSR count). The maximum atomic E-state index is 13.7. The van der Waals surface area contributed by atoms with Crippen molar-refractivity contribution < 1.29 is 13.5 Å². The Kier molecular flexibility index (Phi) is 3.81. The standard InChI is InChI=1S/C15H15F2NO/c1-9-6-7-11(16)14(8-9)19-13-5-3-4-12(17)15(13)10(2)18/h3-8,10H,18H2,1-2H3/t10-/m0/s1. The number of hydrogen-bond acceptors (Lipinski definition) is 2. The number of halogens is 2. The van der Waals surface area contributed by atoms with Crippen LogP contribution in [0.4, 0.5) is 8.78 Å². The summed E-state index contributed by atoms with van der Waals surface area (Å²) in [5.74, 6) is -0.655. The zero-order valence-corrected chi connectivity index (χ0v) is 10.8. The van der Waals surface area contributed by atoms with Crippen LogP contribution in [0.15, 0.2) is 36.4 Å². The normalized spacial score (nSPS) is 12.3. The Bertz CT molecular complexity index is 597. The fourth-order valence-electron chi connectivity index (χ4n) is 1.86. The van der Waals surface area contributed by atoms with Crippen LogP contribution >= 0.6 is 0 Å². The van der Waals surface area contributed by atoms with Crippen molar-refractivity contribution >= 4 is 0 Å². The first-order valence-corrected chi connectivity index (χ1v) is 5.97. The van der Waals surface area contributed by atoms with Crippen LogP contribution in [0.1, 0.15) is 24.1 Å². The van der Waals surface area contributed by atoms with Crippen LogP contribution in [0.2, 0.25) is 0 Å². The summed E-state index contributed by atoms with van der Waals surface area (Å²) >= 11 is 0. The van der Waals surface area contributed by atoms with Gasteiger partial charge in [-0.15, -0.1) is 0 Å². The quantitative estimate of drug-likeness (QED) is 0.905. The summed E-state index contributed by atoms with van der Waals surface area (Å²) in [5.41, 5.74) is 6.82. The molecule has 0 aromatic heterocycles. The Labute approximate surface area is 110 Å². The van der Waals surface area contributed by atoms with Gasteiger partial charge >= 0.3 is 0 Å². The molecule has 0 bridgehead atoms. The molecule has 100 valence electrons. The molecule has 2 aromatic carbocycles. The third-order valence-corrected chi connectivity index (χ3v) is 2.77. The van der Waals surface area contributed by atoms with E-state index in [1.165, 1.54) is 18.2 Å². The van der Waals surface area contributed by atoms with Gasteiger partial charge in [0, 0.05) is 11.6 Å². The van der Waals surface area contributed by atoms with Gasteiger partial charge in [0.1, 0.15) is 11.6 Å². The van der Waals surface area contributed by atoms with Crippen LogP contribution in [0.25, 0.3) is 0 Å². The molecular weight excluding hydrogens is 248 g/mol. The summed E-state index contributed by atoms with van der Waals surface area (Å²) in [6.45, 7) is 3.47. The highest BCUT2D eigenvalue weighted by molar-refractivity contribution is 5.41. The van der Waals surface area contributed by atoms with Gasteiger partial charge in [-0.3, -0.25) is 0 Å². The van der Waals surface area contributed by atoms with Gasteiger partial charge in [0.2, 0.25) is 0 Å². The molecule has 0 heterocycles. The first-order chi connectivity index (χ1) is 8.99. The van der Waals surface area contributed by atoms with Crippen LogP contribution < -0.4 is 10.5 Å². The molecular formula is C15H15F2NO. The highest BCUT2D eigenvalue weighted by Crippen LogP contribution is 2.32. The highest BCUT2D eigenvalue weighted by atomic mass is 19.1. The summed E-state index contributed by atoms with van der Waals surface area (Å²) < 4.78 is 32.8. The second kappa shape index (κ2) is 5.36. The molecule has 0 spiro atoms. The largest absolute Gasteiger partial charge is 0.454 e. The highest BCUT2D eigenvalue weighted by Gasteiger charge is 2.15. The first-order valence-electron chi connectivity index (χ1n) is 5.97. The van der Waals surface area contributed by atoms with E-state index in [9.17, 15) is 8.78 Å². The van der Waals surface area contributed by atoms with Gasteiger partial charge in [0.15, 0.2) is 11.6 Å². The van der Waals surface area contributed by atoms with Crippen LogP contribution in [0, 0.1) is 18.6 Å². The maximum absolute atomic E-state index is 13.7. The molecule has 0 fully saturated rings. The van der Waals surface area contributed by atoms with E-state index in [4.69, 9.17) is 10.5 Å². The predicted octanol–water partition coefficient (Wildman–Crippen LogP) is 4.09. The Morgan fingerprint density at radius 1 is 1.05 bits per heavy atom. The van der Waals surface area contributed by atoms with Crippen LogP contribution in [0.5, 0.6) is 11.5 Å². The van der Waals surface area contributed by atoms with Crippen molar-refractivity contribution in [2.24, 2.45) is 5.73 Å². The fraction of sp³-hybridized carbons (Fsp3) is 0.200. The van der Waals surface area contributed by atoms with Gasteiger partial charge in [0.05, 0.1) is 0 Å². The van der Waals surface area contributed by atoms with Crippen LogP contribution in [-0.2, 0) is 0 Å². The topological polar surface area (TPSA) is 35.2 Å². The number of ether oxygens (including phenoxy) is 1. The third-order valence-electron chi connectivity index (χ3n) is 2.77. The van der Waals surface area contributed by atoms with E-state index in [0.717, 1.165) is 5.56 Å². The van der Waals surface area contributed by atoms with Crippen molar-refractivity contribution in [3.05, 3.63) is 59.2 Å². The van der Waals surface area contributed by atoms with Crippen molar-refractivity contribution in [3.63, 3.8) is 0 Å². The van der Waals surface area contributed by atoms with Crippen molar-refractivity contribution in [2.75, 3.05) is 0 Å². The Hall–Kier alpha value is -1.94. The average molecular weight is 263 g/mol. The molecule has 0 aliphatic carbocycles. The lowest BCUT2D eigenvalue weighted by atomic mass is 10.1. The molecule has 0 unspecified atom stereocenters. The number of hydrogen-bond donors (Lipinski definition) is 1. The summed E-state index contributed by atoms with van der Waals surface area (Å²) in [6, 6.07) is 8.36. The van der Waals surface area contributed by atoms with E-state index in [0.29, 0.717) is 0 Å². The zero-order chi connectivity index (χ0) is 14.0. The van der Waals surface area contributed by atoms with Crippen molar-refractivity contribution in [3.8, 4) is 11.5 Å². The second-order valence-corrected chi connectivity index (χ2v) is 4.48. The molecule has 1 atom stereocenters. The molecule has 0 amide bonds. The molecule has 0 saturated carbocycles. The monoisotopic (exact) mass is 263 g/mol. The minimum atomic E-state index is -0.538. The van der Waals surface area contributed by atoms with Crippen molar-refractivity contribution in [1.82, 2.24) is 0 Å². The van der Waals surface area contributed by atoms with Gasteiger partial charge < -0.3 is 10.5 Å². The number of nitrogens with two attached hydrogens (primary N) is 1. The predicted molar refractivity (Wildman–Crippen MR) is 70.2 cm³/mol. The van der Waals surface area contributed by atoms with Gasteiger partial charge in [-0.25, -0.2) is 8.78 Å². The molecule has 0 aliphatic heterocycles. The smallest absolute Gasteiger partial charge is 0.165 e. The minimum absolute atomic E-state index is 0.0625. The lowest BCUT2D eigenvalue weighted by Crippen LogP contribution is -2.09. The summed E-state index contributed by atoms with van der Waals surface area (Å²) in [6.07, 6.45) is 0. The molecule has 0 aliphatic rings. The molecule has 0 saturated heterocycles. The average Bonchev–Trinajstić information content (AvgIpc) is 2.33. The third kappa shape index (κ3) is 2.90. The molecule has 0 radical (unpaired) electrons. The van der Waals surface area contributed by atoms with E-state index in [-0.39, 0.29) is 17.1 Å². The van der Waals surface area contributed by atoms with E-state index in [2.05, 4.69) is 0 Å². The SMILES string of the molecule is Cc1ccc(F)c(Oc2cccc(F)c2[C@H](C)N)c1. The molecule has 19 heavy (non-hydrogen) atoms. The van der Waals surface area contributed by atoms with Crippen LogP contribution in [-0.4, -0.2) is 0 Å². The zero-order valence-electron chi connectivity index (χ0n) is 10.8. The second-order valence-electron chi connectivity index (χ2n) is 4.48. The van der Waals surface area contributed by atoms with Gasteiger partial charge in [-0.1, -0.05) is 12.1 Å². The number of rotatable bonds is 3. The summed E-state index contributed by atoms with van der Waals surface area (Å²) in [4.78, 5) is 0. The van der Waals surface area contributed by atoms with Crippen molar-refractivity contribution in [2.45, 2.75) is 19.9 Å². The fourth-order valence-corrected chi connectivity index (χ4v) is 1.86. The van der Waals surface area contributed by atoms with Gasteiger partial charge in [-0.2, -0.15) is 0 Å². The van der Waals surface area contributed by atoms with E-state index in [1.54, 1.807) is 25.1 Å². The Morgan fingerprint density at radius 2 is 1.79 bits per heavy atom. The van der Waals surface area contributed by atoms with E-state index < -0.39 is 17.7 Å². The molecule has 2 N–H and O–H groups in total. The van der Waals surface area contributed by atoms with Gasteiger partial charge in [-0.05, 0) is 43.7 Å². The van der Waals surface area contributed by atoms with Gasteiger partial charge in [0.25, 0.3) is 0 Å². The Morgan fingerprint density at radius 3 is 2.47 bits per heavy atom. The van der Waals surface area contributed by atoms with E-state index >= 15 is 0 Å². The van der Waals surface area contributed by atoms with E-state index in [1.807, 2.05) is 6.92 Å².